The van der Waals surface area contributed by atoms with Crippen molar-refractivity contribution in [3.8, 4) is 0 Å². The molecule has 0 N–H and O–H groups in total. The molecule has 2 aromatic heterocycles. The first kappa shape index (κ1) is 15.4. The number of benzene rings is 1. The van der Waals surface area contributed by atoms with Gasteiger partial charge in [0.1, 0.15) is 0 Å². The van der Waals surface area contributed by atoms with E-state index in [4.69, 9.17) is 0 Å². The Labute approximate surface area is 142 Å². The molecule has 1 atom stereocenters. The van der Waals surface area contributed by atoms with E-state index in [0.717, 1.165) is 24.5 Å². The van der Waals surface area contributed by atoms with Gasteiger partial charge in [-0.1, -0.05) is 12.1 Å². The van der Waals surface area contributed by atoms with Crippen molar-refractivity contribution in [3.63, 3.8) is 0 Å². The smallest absolute Gasteiger partial charge is 0.0961 e. The second-order valence-corrected chi connectivity index (χ2v) is 6.96. The maximum absolute atomic E-state index is 4.52. The third kappa shape index (κ3) is 3.22. The van der Waals surface area contributed by atoms with E-state index >= 15 is 0 Å². The summed E-state index contributed by atoms with van der Waals surface area (Å²) in [6.07, 6.45) is 8.44. The van der Waals surface area contributed by atoms with Crippen LogP contribution in [0.4, 0.5) is 0 Å². The fraction of sp³-hybridized carbons (Fsp3) is 0.474. The van der Waals surface area contributed by atoms with E-state index in [0.29, 0.717) is 6.04 Å². The summed E-state index contributed by atoms with van der Waals surface area (Å²) < 4.78 is 4.38. The summed E-state index contributed by atoms with van der Waals surface area (Å²) in [5.41, 5.74) is 2.32. The molecular formula is C19H25N5. The summed E-state index contributed by atoms with van der Waals surface area (Å²) in [5.74, 6) is 0.755. The van der Waals surface area contributed by atoms with Gasteiger partial charge in [-0.05, 0) is 57.0 Å². The lowest BCUT2D eigenvalue weighted by molar-refractivity contribution is 0.155. The van der Waals surface area contributed by atoms with Gasteiger partial charge in [0, 0.05) is 31.5 Å². The van der Waals surface area contributed by atoms with E-state index in [9.17, 15) is 0 Å². The number of nitrogens with zero attached hydrogens (tertiary/aromatic N) is 5. The quantitative estimate of drug-likeness (QED) is 0.724. The van der Waals surface area contributed by atoms with Crippen molar-refractivity contribution >= 4 is 11.0 Å². The largest absolute Gasteiger partial charge is 0.326 e. The predicted octanol–water partition coefficient (Wildman–Crippen LogP) is 3.21. The topological polar surface area (TPSA) is 38.9 Å². The summed E-state index contributed by atoms with van der Waals surface area (Å²) in [5, 5.41) is 4.33. The molecule has 0 saturated carbocycles. The molecule has 1 saturated heterocycles. The van der Waals surface area contributed by atoms with Gasteiger partial charge in [0.25, 0.3) is 0 Å². The van der Waals surface area contributed by atoms with Crippen molar-refractivity contribution in [2.45, 2.75) is 32.4 Å². The standard InChI is InChI=1S/C19H25N5/c1-16(24-15-20-18-5-2-3-6-19(18)24)13-22-11-7-17(8-12-22)14-23-10-4-9-21-23/h2-6,9-10,15-17H,7-8,11-14H2,1H3. The Kier molecular flexibility index (Phi) is 4.34. The zero-order chi connectivity index (χ0) is 16.4. The Hall–Kier alpha value is -2.14. The number of piperidine rings is 1. The number of imidazole rings is 1. The van der Waals surface area contributed by atoms with Crippen LogP contribution < -0.4 is 0 Å². The SMILES string of the molecule is CC(CN1CCC(Cn2cccn2)CC1)n1cnc2ccccc21. The van der Waals surface area contributed by atoms with Crippen molar-refractivity contribution in [1.29, 1.82) is 0 Å². The first-order valence-electron chi connectivity index (χ1n) is 8.91. The number of para-hydroxylation sites is 2. The summed E-state index contributed by atoms with van der Waals surface area (Å²) in [6.45, 7) is 6.81. The summed E-state index contributed by atoms with van der Waals surface area (Å²) in [6, 6.07) is 10.8. The van der Waals surface area contributed by atoms with Crippen molar-refractivity contribution in [1.82, 2.24) is 24.2 Å². The van der Waals surface area contributed by atoms with Crippen LogP contribution in [0, 0.1) is 5.92 Å². The molecule has 4 rings (SSSR count). The van der Waals surface area contributed by atoms with Crippen LogP contribution in [-0.4, -0.2) is 43.9 Å². The van der Waals surface area contributed by atoms with E-state index in [-0.39, 0.29) is 0 Å². The number of aromatic nitrogens is 4. The highest BCUT2D eigenvalue weighted by molar-refractivity contribution is 5.75. The zero-order valence-corrected chi connectivity index (χ0v) is 14.3. The normalized spacial score (nSPS) is 18.2. The van der Waals surface area contributed by atoms with Gasteiger partial charge in [-0.2, -0.15) is 5.10 Å². The molecule has 126 valence electrons. The summed E-state index contributed by atoms with van der Waals surface area (Å²) >= 11 is 0. The van der Waals surface area contributed by atoms with Gasteiger partial charge < -0.3 is 9.47 Å². The Morgan fingerprint density at radius 2 is 2.00 bits per heavy atom. The van der Waals surface area contributed by atoms with Crippen molar-refractivity contribution in [3.05, 3.63) is 49.1 Å². The second-order valence-electron chi connectivity index (χ2n) is 6.96. The molecule has 0 aliphatic carbocycles. The highest BCUT2D eigenvalue weighted by Crippen LogP contribution is 2.22. The average molecular weight is 323 g/mol. The van der Waals surface area contributed by atoms with Crippen LogP contribution in [-0.2, 0) is 6.54 Å². The van der Waals surface area contributed by atoms with Crippen molar-refractivity contribution < 1.29 is 0 Å². The zero-order valence-electron chi connectivity index (χ0n) is 14.3. The number of rotatable bonds is 5. The van der Waals surface area contributed by atoms with Crippen LogP contribution in [0.2, 0.25) is 0 Å². The number of likely N-dealkylation sites (tertiary alicyclic amines) is 1. The van der Waals surface area contributed by atoms with Crippen LogP contribution in [0.1, 0.15) is 25.8 Å². The molecule has 1 aromatic carbocycles. The molecule has 1 aliphatic heterocycles. The van der Waals surface area contributed by atoms with Crippen molar-refractivity contribution in [2.75, 3.05) is 19.6 Å². The molecule has 5 nitrogen and oxygen atoms in total. The molecule has 0 spiro atoms. The van der Waals surface area contributed by atoms with Gasteiger partial charge in [0.15, 0.2) is 0 Å². The molecule has 1 unspecified atom stereocenters. The van der Waals surface area contributed by atoms with Crippen LogP contribution in [0.5, 0.6) is 0 Å². The minimum absolute atomic E-state index is 0.445. The van der Waals surface area contributed by atoms with Gasteiger partial charge in [-0.3, -0.25) is 4.68 Å². The fourth-order valence-electron chi connectivity index (χ4n) is 3.82. The second kappa shape index (κ2) is 6.77. The predicted molar refractivity (Wildman–Crippen MR) is 95.8 cm³/mol. The highest BCUT2D eigenvalue weighted by Gasteiger charge is 2.21. The molecule has 0 bridgehead atoms. The molecular weight excluding hydrogens is 298 g/mol. The molecule has 0 amide bonds. The van der Waals surface area contributed by atoms with Gasteiger partial charge in [-0.15, -0.1) is 0 Å². The van der Waals surface area contributed by atoms with Crippen molar-refractivity contribution in [2.24, 2.45) is 5.92 Å². The lowest BCUT2D eigenvalue weighted by Gasteiger charge is -2.33. The third-order valence-electron chi connectivity index (χ3n) is 5.19. The first-order chi connectivity index (χ1) is 11.8. The number of hydrogen-bond donors (Lipinski definition) is 0. The summed E-state index contributed by atoms with van der Waals surface area (Å²) in [4.78, 5) is 7.12. The van der Waals surface area contributed by atoms with Gasteiger partial charge in [0.05, 0.1) is 17.4 Å². The monoisotopic (exact) mass is 323 g/mol. The summed E-state index contributed by atoms with van der Waals surface area (Å²) in [7, 11) is 0. The average Bonchev–Trinajstić information content (AvgIpc) is 3.26. The van der Waals surface area contributed by atoms with Gasteiger partial charge in [0.2, 0.25) is 0 Å². The Balaban J connectivity index is 1.33. The van der Waals surface area contributed by atoms with E-state index in [1.165, 1.54) is 31.4 Å². The lowest BCUT2D eigenvalue weighted by atomic mass is 9.96. The van der Waals surface area contributed by atoms with E-state index < -0.39 is 0 Å². The first-order valence-corrected chi connectivity index (χ1v) is 8.91. The maximum Gasteiger partial charge on any atom is 0.0961 e. The van der Waals surface area contributed by atoms with Crippen LogP contribution in [0.25, 0.3) is 11.0 Å². The molecule has 24 heavy (non-hydrogen) atoms. The van der Waals surface area contributed by atoms with E-state index in [2.05, 4.69) is 61.6 Å². The Morgan fingerprint density at radius 3 is 2.79 bits per heavy atom. The van der Waals surface area contributed by atoms with Gasteiger partial charge in [-0.25, -0.2) is 4.98 Å². The maximum atomic E-state index is 4.52. The molecule has 1 fully saturated rings. The van der Waals surface area contributed by atoms with Crippen LogP contribution in [0.3, 0.4) is 0 Å². The third-order valence-corrected chi connectivity index (χ3v) is 5.19. The molecule has 3 aromatic rings. The minimum Gasteiger partial charge on any atom is -0.326 e. The van der Waals surface area contributed by atoms with E-state index in [1.807, 2.05) is 18.6 Å². The number of fused-ring (bicyclic) bond motifs is 1. The highest BCUT2D eigenvalue weighted by atomic mass is 15.3. The molecule has 3 heterocycles. The number of hydrogen-bond acceptors (Lipinski definition) is 3. The Bertz CT molecular complexity index is 768. The van der Waals surface area contributed by atoms with Crippen LogP contribution in [0.15, 0.2) is 49.1 Å². The molecule has 5 heteroatoms. The fourth-order valence-corrected chi connectivity index (χ4v) is 3.82. The molecule has 0 radical (unpaired) electrons. The van der Waals surface area contributed by atoms with E-state index in [1.54, 1.807) is 0 Å². The minimum atomic E-state index is 0.445. The van der Waals surface area contributed by atoms with Gasteiger partial charge >= 0.3 is 0 Å². The van der Waals surface area contributed by atoms with Crippen LogP contribution >= 0.6 is 0 Å². The lowest BCUT2D eigenvalue weighted by Crippen LogP contribution is -2.38. The molecule has 1 aliphatic rings. The Morgan fingerprint density at radius 1 is 1.17 bits per heavy atom.